The summed E-state index contributed by atoms with van der Waals surface area (Å²) < 4.78 is 0. The number of benzene rings is 10. The predicted octanol–water partition coefficient (Wildman–Crippen LogP) is 14.1. The van der Waals surface area contributed by atoms with Crippen molar-refractivity contribution in [3.05, 3.63) is 194 Å². The minimum absolute atomic E-state index is 1.21. The van der Waals surface area contributed by atoms with E-state index in [2.05, 4.69) is 194 Å². The van der Waals surface area contributed by atoms with Gasteiger partial charge in [-0.3, -0.25) is 0 Å². The average Bonchev–Trinajstić information content (AvgIpc) is 3.19. The molecule has 0 fully saturated rings. The maximum Gasteiger partial charge on any atom is -0.00262 e. The van der Waals surface area contributed by atoms with Gasteiger partial charge in [0, 0.05) is 0 Å². The van der Waals surface area contributed by atoms with Crippen LogP contribution in [0.3, 0.4) is 0 Å². The van der Waals surface area contributed by atoms with Gasteiger partial charge in [0.05, 0.1) is 0 Å². The number of rotatable bonds is 4. The Morgan fingerprint density at radius 1 is 0.200 bits per heavy atom. The molecule has 10 aromatic rings. The second-order valence-electron chi connectivity index (χ2n) is 13.2. The van der Waals surface area contributed by atoms with E-state index in [1.807, 2.05) is 0 Å². The van der Waals surface area contributed by atoms with Crippen LogP contribution in [-0.4, -0.2) is 0 Å². The third-order valence-corrected chi connectivity index (χ3v) is 10.4. The van der Waals surface area contributed by atoms with E-state index in [4.69, 9.17) is 0 Å². The molecule has 0 radical (unpaired) electrons. The summed E-state index contributed by atoms with van der Waals surface area (Å²) in [6, 6.07) is 71.3. The number of hydrogen-bond donors (Lipinski definition) is 0. The fourth-order valence-corrected chi connectivity index (χ4v) is 8.19. The normalized spacial score (nSPS) is 11.6. The summed E-state index contributed by atoms with van der Waals surface area (Å²) in [5.41, 5.74) is 9.98. The van der Waals surface area contributed by atoms with E-state index in [0.29, 0.717) is 0 Å². The van der Waals surface area contributed by atoms with Gasteiger partial charge in [0.2, 0.25) is 0 Å². The fourth-order valence-electron chi connectivity index (χ4n) is 8.19. The first-order valence-corrected chi connectivity index (χ1v) is 17.4. The summed E-state index contributed by atoms with van der Waals surface area (Å²) in [6.07, 6.45) is 0. The lowest BCUT2D eigenvalue weighted by Crippen LogP contribution is -1.92. The van der Waals surface area contributed by atoms with Crippen LogP contribution in [0.5, 0.6) is 0 Å². The number of hydrogen-bond acceptors (Lipinski definition) is 0. The van der Waals surface area contributed by atoms with Gasteiger partial charge >= 0.3 is 0 Å². The van der Waals surface area contributed by atoms with Gasteiger partial charge in [-0.1, -0.05) is 182 Å². The molecule has 0 aliphatic heterocycles. The van der Waals surface area contributed by atoms with Crippen molar-refractivity contribution in [2.24, 2.45) is 0 Å². The first-order chi connectivity index (χ1) is 24.8. The lowest BCUT2D eigenvalue weighted by atomic mass is 9.84. The Bertz CT molecular complexity index is 2860. The summed E-state index contributed by atoms with van der Waals surface area (Å²) in [5.74, 6) is 0. The van der Waals surface area contributed by atoms with Crippen molar-refractivity contribution in [1.82, 2.24) is 0 Å². The molecule has 0 heteroatoms. The quantitative estimate of drug-likeness (QED) is 0.134. The predicted molar refractivity (Wildman–Crippen MR) is 216 cm³/mol. The van der Waals surface area contributed by atoms with Crippen molar-refractivity contribution in [2.45, 2.75) is 0 Å². The summed E-state index contributed by atoms with van der Waals surface area (Å²) >= 11 is 0. The molecule has 50 heavy (non-hydrogen) atoms. The van der Waals surface area contributed by atoms with Crippen molar-refractivity contribution >= 4 is 53.9 Å². The van der Waals surface area contributed by atoms with E-state index in [-0.39, 0.29) is 0 Å². The maximum atomic E-state index is 2.39. The molecule has 0 saturated carbocycles. The lowest BCUT2D eigenvalue weighted by molar-refractivity contribution is 1.60. The monoisotopic (exact) mass is 632 g/mol. The molecule has 232 valence electrons. The fraction of sp³-hybridized carbons (Fsp3) is 0. The molecule has 0 spiro atoms. The number of fused-ring (bicyclic) bond motifs is 6. The van der Waals surface area contributed by atoms with Gasteiger partial charge in [0.25, 0.3) is 0 Å². The van der Waals surface area contributed by atoms with Crippen molar-refractivity contribution in [2.75, 3.05) is 0 Å². The molecule has 0 amide bonds. The molecule has 0 unspecified atom stereocenters. The molecule has 0 heterocycles. The van der Waals surface area contributed by atoms with Gasteiger partial charge in [0.1, 0.15) is 0 Å². The van der Waals surface area contributed by atoms with Crippen LogP contribution in [0.4, 0.5) is 0 Å². The van der Waals surface area contributed by atoms with Gasteiger partial charge in [-0.15, -0.1) is 0 Å². The lowest BCUT2D eigenvalue weighted by Gasteiger charge is -2.19. The van der Waals surface area contributed by atoms with Crippen LogP contribution in [0.2, 0.25) is 0 Å². The Labute approximate surface area is 291 Å². The Morgan fingerprint density at radius 2 is 0.660 bits per heavy atom. The topological polar surface area (TPSA) is 0 Å². The van der Waals surface area contributed by atoms with Gasteiger partial charge in [-0.2, -0.15) is 0 Å². The molecule has 0 aliphatic rings. The van der Waals surface area contributed by atoms with Crippen LogP contribution < -0.4 is 0 Å². The van der Waals surface area contributed by atoms with Crippen LogP contribution in [0, 0.1) is 0 Å². The molecule has 0 bridgehead atoms. The highest BCUT2D eigenvalue weighted by Gasteiger charge is 2.18. The van der Waals surface area contributed by atoms with E-state index in [9.17, 15) is 0 Å². The van der Waals surface area contributed by atoms with E-state index in [1.165, 1.54) is 98.4 Å². The molecule has 0 aliphatic carbocycles. The molecule has 10 aromatic carbocycles. The molecule has 0 N–H and O–H groups in total. The van der Waals surface area contributed by atoms with Crippen LogP contribution in [0.15, 0.2) is 194 Å². The van der Waals surface area contributed by atoms with E-state index < -0.39 is 0 Å². The summed E-state index contributed by atoms with van der Waals surface area (Å²) in [6.45, 7) is 0. The highest BCUT2D eigenvalue weighted by Crippen LogP contribution is 2.46. The standard InChI is InChI=1S/C50H32/c1-2-15-35(16-3-1)48-42-20-7-5-14-34(42)27-30-43(48)36-17-12-18-38(31-36)49-44-21-8-10-23-46(44)50(47-24-11-9-22-45(47)49)39-28-29-41-37(32-39)26-25-33-13-4-6-19-40(33)41/h1-32H. The zero-order valence-electron chi connectivity index (χ0n) is 27.5. The first kappa shape index (κ1) is 28.5. The molecule has 0 saturated heterocycles. The van der Waals surface area contributed by atoms with E-state index in [0.717, 1.165) is 0 Å². The molecule has 0 aromatic heterocycles. The van der Waals surface area contributed by atoms with Gasteiger partial charge in [0.15, 0.2) is 0 Å². The van der Waals surface area contributed by atoms with Crippen LogP contribution in [0.1, 0.15) is 0 Å². The summed E-state index contributed by atoms with van der Waals surface area (Å²) in [5, 5.41) is 12.7. The third-order valence-electron chi connectivity index (χ3n) is 10.4. The van der Waals surface area contributed by atoms with E-state index in [1.54, 1.807) is 0 Å². The Hall–Kier alpha value is -6.50. The van der Waals surface area contributed by atoms with Crippen LogP contribution in [-0.2, 0) is 0 Å². The minimum Gasteiger partial charge on any atom is -0.0622 e. The molecular weight excluding hydrogens is 601 g/mol. The van der Waals surface area contributed by atoms with Crippen molar-refractivity contribution < 1.29 is 0 Å². The summed E-state index contributed by atoms with van der Waals surface area (Å²) in [4.78, 5) is 0. The van der Waals surface area contributed by atoms with E-state index >= 15 is 0 Å². The Morgan fingerprint density at radius 3 is 1.34 bits per heavy atom. The zero-order chi connectivity index (χ0) is 33.0. The summed E-state index contributed by atoms with van der Waals surface area (Å²) in [7, 11) is 0. The van der Waals surface area contributed by atoms with Gasteiger partial charge < -0.3 is 0 Å². The zero-order valence-corrected chi connectivity index (χ0v) is 27.5. The third kappa shape index (κ3) is 4.54. The second-order valence-corrected chi connectivity index (χ2v) is 13.2. The van der Waals surface area contributed by atoms with Gasteiger partial charge in [-0.05, 0) is 111 Å². The molecule has 10 rings (SSSR count). The Kier molecular flexibility index (Phi) is 6.60. The highest BCUT2D eigenvalue weighted by atomic mass is 14.2. The largest absolute Gasteiger partial charge is 0.0622 e. The highest BCUT2D eigenvalue weighted by molar-refractivity contribution is 6.22. The van der Waals surface area contributed by atoms with Gasteiger partial charge in [-0.25, -0.2) is 0 Å². The molecule has 0 atom stereocenters. The molecule has 0 nitrogen and oxygen atoms in total. The van der Waals surface area contributed by atoms with Crippen molar-refractivity contribution in [3.63, 3.8) is 0 Å². The average molecular weight is 633 g/mol. The smallest absolute Gasteiger partial charge is 0.00262 e. The minimum atomic E-state index is 1.21. The first-order valence-electron chi connectivity index (χ1n) is 17.4. The van der Waals surface area contributed by atoms with Crippen LogP contribution >= 0.6 is 0 Å². The van der Waals surface area contributed by atoms with Crippen LogP contribution in [0.25, 0.3) is 98.4 Å². The SMILES string of the molecule is c1ccc(-c2c(-c3cccc(-c4c5ccccc5c(-c5ccc6c(ccc7ccccc76)c5)c5ccccc45)c3)ccc3ccccc23)cc1. The van der Waals surface area contributed by atoms with Crippen molar-refractivity contribution in [3.8, 4) is 44.5 Å². The maximum absolute atomic E-state index is 2.39. The second kappa shape index (κ2) is 11.6. The van der Waals surface area contributed by atoms with Crippen molar-refractivity contribution in [1.29, 1.82) is 0 Å². The molecular formula is C50H32. The Balaban J connectivity index is 1.21.